The number of nitrogens with two attached hydrogens (primary N) is 2. The first kappa shape index (κ1) is 10.1. The molecular formula is C7H8ClF2N3. The lowest BCUT2D eigenvalue weighted by Crippen LogP contribution is -2.08. The molecule has 0 aliphatic rings. The lowest BCUT2D eigenvalue weighted by Gasteiger charge is -2.09. The maximum absolute atomic E-state index is 12.3. The summed E-state index contributed by atoms with van der Waals surface area (Å²) in [7, 11) is 0. The number of nitrogens with zero attached hydrogens (tertiary/aromatic N) is 1. The highest BCUT2D eigenvalue weighted by atomic mass is 35.5. The van der Waals surface area contributed by atoms with Crippen molar-refractivity contribution in [2.45, 2.75) is 13.0 Å². The summed E-state index contributed by atoms with van der Waals surface area (Å²) in [6.07, 6.45) is -2.71. The van der Waals surface area contributed by atoms with Crippen LogP contribution < -0.4 is 11.5 Å². The van der Waals surface area contributed by atoms with Crippen LogP contribution in [0.2, 0.25) is 5.15 Å². The van der Waals surface area contributed by atoms with Crippen molar-refractivity contribution in [3.63, 3.8) is 0 Å². The Hall–Kier alpha value is -0.940. The second-order valence-electron chi connectivity index (χ2n) is 2.40. The normalized spacial score (nSPS) is 10.8. The van der Waals surface area contributed by atoms with E-state index in [9.17, 15) is 8.78 Å². The summed E-state index contributed by atoms with van der Waals surface area (Å²) >= 11 is 5.46. The molecule has 0 bridgehead atoms. The molecule has 6 heteroatoms. The zero-order valence-corrected chi connectivity index (χ0v) is 7.35. The Labute approximate surface area is 78.7 Å². The van der Waals surface area contributed by atoms with E-state index < -0.39 is 12.1 Å². The zero-order chi connectivity index (χ0) is 10.0. The molecule has 1 aromatic rings. The first-order valence-corrected chi connectivity index (χ1v) is 3.87. The summed E-state index contributed by atoms with van der Waals surface area (Å²) in [5.41, 5.74) is 10.5. The lowest BCUT2D eigenvalue weighted by atomic mass is 10.1. The highest BCUT2D eigenvalue weighted by molar-refractivity contribution is 6.29. The van der Waals surface area contributed by atoms with Gasteiger partial charge in [0.15, 0.2) is 0 Å². The third-order valence-corrected chi connectivity index (χ3v) is 1.76. The number of pyridine rings is 1. The second-order valence-corrected chi connectivity index (χ2v) is 2.79. The molecule has 0 aromatic carbocycles. The van der Waals surface area contributed by atoms with Crippen molar-refractivity contribution >= 4 is 17.3 Å². The van der Waals surface area contributed by atoms with Crippen LogP contribution in [0.1, 0.15) is 17.7 Å². The van der Waals surface area contributed by atoms with Crippen LogP contribution in [0.25, 0.3) is 0 Å². The van der Waals surface area contributed by atoms with Crippen LogP contribution >= 0.6 is 11.6 Å². The van der Waals surface area contributed by atoms with Gasteiger partial charge in [-0.05, 0) is 6.07 Å². The van der Waals surface area contributed by atoms with Gasteiger partial charge in [0, 0.05) is 17.8 Å². The topological polar surface area (TPSA) is 64.9 Å². The maximum atomic E-state index is 12.3. The van der Waals surface area contributed by atoms with Gasteiger partial charge in [0.1, 0.15) is 10.8 Å². The van der Waals surface area contributed by atoms with Gasteiger partial charge in [0.25, 0.3) is 6.43 Å². The van der Waals surface area contributed by atoms with Crippen LogP contribution in [-0.4, -0.2) is 4.98 Å². The Kier molecular flexibility index (Phi) is 3.00. The first-order chi connectivity index (χ1) is 6.06. The Morgan fingerprint density at radius 1 is 1.54 bits per heavy atom. The molecule has 0 aliphatic heterocycles. The average molecular weight is 208 g/mol. The Bertz CT molecular complexity index is 317. The van der Waals surface area contributed by atoms with Crippen LogP contribution in [0.3, 0.4) is 0 Å². The summed E-state index contributed by atoms with van der Waals surface area (Å²) in [4.78, 5) is 3.46. The minimum absolute atomic E-state index is 0.0509. The van der Waals surface area contributed by atoms with E-state index in [-0.39, 0.29) is 22.9 Å². The molecule has 1 aromatic heterocycles. The van der Waals surface area contributed by atoms with Crippen molar-refractivity contribution in [1.82, 2.24) is 4.98 Å². The van der Waals surface area contributed by atoms with Gasteiger partial charge in [0.05, 0.1) is 0 Å². The van der Waals surface area contributed by atoms with Crippen LogP contribution in [0.15, 0.2) is 6.07 Å². The monoisotopic (exact) mass is 207 g/mol. The molecule has 0 aliphatic carbocycles. The predicted molar refractivity (Wildman–Crippen MR) is 46.5 cm³/mol. The zero-order valence-electron chi connectivity index (χ0n) is 6.60. The van der Waals surface area contributed by atoms with E-state index in [0.29, 0.717) is 0 Å². The van der Waals surface area contributed by atoms with Gasteiger partial charge in [-0.15, -0.1) is 0 Å². The molecule has 0 saturated carbocycles. The number of aromatic nitrogens is 1. The standard InChI is InChI=1S/C7H8ClF2N3/c8-5-1-4(12)3(2-11)6(13-5)7(9)10/h1,7H,2,11H2,(H2,12,13). The van der Waals surface area contributed by atoms with E-state index in [0.717, 1.165) is 0 Å². The molecule has 72 valence electrons. The van der Waals surface area contributed by atoms with Crippen molar-refractivity contribution in [2.75, 3.05) is 5.73 Å². The quantitative estimate of drug-likeness (QED) is 0.726. The van der Waals surface area contributed by atoms with Gasteiger partial charge < -0.3 is 11.5 Å². The van der Waals surface area contributed by atoms with E-state index in [1.807, 2.05) is 0 Å². The minimum atomic E-state index is -2.71. The van der Waals surface area contributed by atoms with Gasteiger partial charge in [0.2, 0.25) is 0 Å². The van der Waals surface area contributed by atoms with Crippen LogP contribution in [0, 0.1) is 0 Å². The third-order valence-electron chi connectivity index (χ3n) is 1.57. The fourth-order valence-corrected chi connectivity index (χ4v) is 1.19. The molecule has 0 radical (unpaired) electrons. The highest BCUT2D eigenvalue weighted by Crippen LogP contribution is 2.26. The fourth-order valence-electron chi connectivity index (χ4n) is 0.981. The molecule has 1 heterocycles. The van der Waals surface area contributed by atoms with E-state index in [1.54, 1.807) is 0 Å². The molecule has 0 atom stereocenters. The van der Waals surface area contributed by atoms with Crippen LogP contribution in [-0.2, 0) is 6.54 Å². The molecule has 0 spiro atoms. The molecule has 13 heavy (non-hydrogen) atoms. The van der Waals surface area contributed by atoms with Crippen molar-refractivity contribution in [1.29, 1.82) is 0 Å². The molecule has 0 saturated heterocycles. The van der Waals surface area contributed by atoms with Gasteiger partial charge in [-0.3, -0.25) is 0 Å². The summed E-state index contributed by atoms with van der Waals surface area (Å²) in [6.45, 7) is -0.0737. The van der Waals surface area contributed by atoms with Crippen molar-refractivity contribution in [3.05, 3.63) is 22.5 Å². The summed E-state index contributed by atoms with van der Waals surface area (Å²) < 4.78 is 24.7. The van der Waals surface area contributed by atoms with Gasteiger partial charge >= 0.3 is 0 Å². The average Bonchev–Trinajstić information content (AvgIpc) is 2.02. The third kappa shape index (κ3) is 2.05. The molecular weight excluding hydrogens is 200 g/mol. The predicted octanol–water partition coefficient (Wildman–Crippen LogP) is 1.71. The number of alkyl halides is 2. The largest absolute Gasteiger partial charge is 0.398 e. The molecule has 1 rings (SSSR count). The first-order valence-electron chi connectivity index (χ1n) is 3.49. The van der Waals surface area contributed by atoms with E-state index in [2.05, 4.69) is 4.98 Å². The molecule has 0 amide bonds. The van der Waals surface area contributed by atoms with Gasteiger partial charge in [-0.2, -0.15) is 0 Å². The molecule has 0 unspecified atom stereocenters. The second kappa shape index (κ2) is 3.85. The molecule has 4 N–H and O–H groups in total. The Morgan fingerprint density at radius 3 is 2.62 bits per heavy atom. The van der Waals surface area contributed by atoms with Gasteiger partial charge in [-0.25, -0.2) is 13.8 Å². The SMILES string of the molecule is NCc1c(N)cc(Cl)nc1C(F)F. The number of hydrogen-bond acceptors (Lipinski definition) is 3. The number of halogens is 3. The Balaban J connectivity index is 3.29. The number of hydrogen-bond donors (Lipinski definition) is 2. The fraction of sp³-hybridized carbons (Fsp3) is 0.286. The lowest BCUT2D eigenvalue weighted by molar-refractivity contribution is 0.145. The van der Waals surface area contributed by atoms with Crippen molar-refractivity contribution < 1.29 is 8.78 Å². The Morgan fingerprint density at radius 2 is 2.15 bits per heavy atom. The maximum Gasteiger partial charge on any atom is 0.280 e. The number of rotatable bonds is 2. The van der Waals surface area contributed by atoms with Crippen LogP contribution in [0.4, 0.5) is 14.5 Å². The minimum Gasteiger partial charge on any atom is -0.398 e. The van der Waals surface area contributed by atoms with Gasteiger partial charge in [-0.1, -0.05) is 11.6 Å². The molecule has 0 fully saturated rings. The van der Waals surface area contributed by atoms with E-state index >= 15 is 0 Å². The van der Waals surface area contributed by atoms with Crippen molar-refractivity contribution in [2.24, 2.45) is 5.73 Å². The number of anilines is 1. The van der Waals surface area contributed by atoms with E-state index in [1.165, 1.54) is 6.07 Å². The van der Waals surface area contributed by atoms with E-state index in [4.69, 9.17) is 23.1 Å². The van der Waals surface area contributed by atoms with Crippen LogP contribution in [0.5, 0.6) is 0 Å². The summed E-state index contributed by atoms with van der Waals surface area (Å²) in [5, 5.41) is -0.0509. The highest BCUT2D eigenvalue weighted by Gasteiger charge is 2.17. The summed E-state index contributed by atoms with van der Waals surface area (Å²) in [6, 6.07) is 1.30. The number of nitrogen functional groups attached to an aromatic ring is 1. The smallest absolute Gasteiger partial charge is 0.280 e. The molecule has 3 nitrogen and oxygen atoms in total. The van der Waals surface area contributed by atoms with Crippen molar-refractivity contribution in [3.8, 4) is 0 Å². The summed E-state index contributed by atoms with van der Waals surface area (Å²) in [5.74, 6) is 0.